The predicted octanol–water partition coefficient (Wildman–Crippen LogP) is 3.42. The van der Waals surface area contributed by atoms with E-state index in [1.807, 2.05) is 0 Å². The Morgan fingerprint density at radius 3 is 2.30 bits per heavy atom. The van der Waals surface area contributed by atoms with Crippen molar-refractivity contribution in [3.63, 3.8) is 0 Å². The van der Waals surface area contributed by atoms with E-state index < -0.39 is 18.5 Å². The highest BCUT2D eigenvalue weighted by atomic mass is 16.5. The average molecular weight is 450 g/mol. The molecule has 8 heteroatoms. The fourth-order valence-electron chi connectivity index (χ4n) is 4.48. The molecule has 33 heavy (non-hydrogen) atoms. The number of rotatable bonds is 6. The number of imide groups is 1. The first-order valence-electron chi connectivity index (χ1n) is 11.0. The molecule has 0 spiro atoms. The molecule has 8 nitrogen and oxygen atoms in total. The summed E-state index contributed by atoms with van der Waals surface area (Å²) >= 11 is 0. The summed E-state index contributed by atoms with van der Waals surface area (Å²) in [6.07, 6.45) is 2.41. The van der Waals surface area contributed by atoms with Crippen LogP contribution in [0.1, 0.15) is 36.5 Å². The summed E-state index contributed by atoms with van der Waals surface area (Å²) < 4.78 is 10.1. The molecule has 1 aliphatic heterocycles. The minimum absolute atomic E-state index is 0.164. The van der Waals surface area contributed by atoms with Crippen LogP contribution in [-0.4, -0.2) is 37.4 Å². The van der Waals surface area contributed by atoms with E-state index >= 15 is 0 Å². The number of carbonyl (C=O) groups is 4. The SMILES string of the molecule is COc1ccc(NC(=O)COC(=O)c2ccc(N3C(=O)[C@@H]4CC[C@H](C)C[C@H]4C3=O)cc2)cc1. The Balaban J connectivity index is 1.34. The molecule has 0 unspecified atom stereocenters. The lowest BCUT2D eigenvalue weighted by Crippen LogP contribution is -2.30. The van der Waals surface area contributed by atoms with Gasteiger partial charge in [0.25, 0.3) is 5.91 Å². The Morgan fingerprint density at radius 2 is 1.64 bits per heavy atom. The summed E-state index contributed by atoms with van der Waals surface area (Å²) in [6.45, 7) is 1.66. The monoisotopic (exact) mass is 450 g/mol. The van der Waals surface area contributed by atoms with Crippen LogP contribution in [0.25, 0.3) is 0 Å². The highest BCUT2D eigenvalue weighted by Gasteiger charge is 2.49. The average Bonchev–Trinajstić information content (AvgIpc) is 3.07. The Bertz CT molecular complexity index is 1060. The van der Waals surface area contributed by atoms with Crippen LogP contribution in [0, 0.1) is 17.8 Å². The number of esters is 1. The summed E-state index contributed by atoms with van der Waals surface area (Å²) in [7, 11) is 1.55. The number of amides is 3. The Hall–Kier alpha value is -3.68. The van der Waals surface area contributed by atoms with E-state index in [-0.39, 0.29) is 29.2 Å². The third-order valence-electron chi connectivity index (χ3n) is 6.26. The maximum atomic E-state index is 12.8. The molecule has 0 aromatic heterocycles. The van der Waals surface area contributed by atoms with Crippen LogP contribution in [0.2, 0.25) is 0 Å². The van der Waals surface area contributed by atoms with Gasteiger partial charge in [0, 0.05) is 5.69 Å². The highest BCUT2D eigenvalue weighted by Crippen LogP contribution is 2.42. The second kappa shape index (κ2) is 9.44. The van der Waals surface area contributed by atoms with Gasteiger partial charge in [-0.3, -0.25) is 19.3 Å². The highest BCUT2D eigenvalue weighted by molar-refractivity contribution is 6.22. The van der Waals surface area contributed by atoms with E-state index in [4.69, 9.17) is 9.47 Å². The second-order valence-electron chi connectivity index (χ2n) is 8.54. The Morgan fingerprint density at radius 1 is 0.970 bits per heavy atom. The molecule has 2 fully saturated rings. The molecule has 2 aliphatic rings. The molecule has 172 valence electrons. The molecule has 2 aromatic rings. The van der Waals surface area contributed by atoms with Crippen molar-refractivity contribution in [2.24, 2.45) is 17.8 Å². The molecule has 4 rings (SSSR count). The number of nitrogens with zero attached hydrogens (tertiary/aromatic N) is 1. The summed E-state index contributed by atoms with van der Waals surface area (Å²) in [6, 6.07) is 12.9. The van der Waals surface area contributed by atoms with Gasteiger partial charge in [-0.25, -0.2) is 4.79 Å². The number of hydrogen-bond donors (Lipinski definition) is 1. The van der Waals surface area contributed by atoms with Crippen molar-refractivity contribution in [2.75, 3.05) is 23.9 Å². The van der Waals surface area contributed by atoms with Crippen LogP contribution in [0.4, 0.5) is 11.4 Å². The minimum Gasteiger partial charge on any atom is -0.497 e. The van der Waals surface area contributed by atoms with E-state index in [2.05, 4.69) is 12.2 Å². The zero-order valence-corrected chi connectivity index (χ0v) is 18.6. The summed E-state index contributed by atoms with van der Waals surface area (Å²) in [5.41, 5.74) is 1.22. The van der Waals surface area contributed by atoms with E-state index in [1.165, 1.54) is 17.0 Å². The smallest absolute Gasteiger partial charge is 0.338 e. The quantitative estimate of drug-likeness (QED) is 0.535. The maximum absolute atomic E-state index is 12.8. The lowest BCUT2D eigenvalue weighted by Gasteiger charge is -2.25. The number of methoxy groups -OCH3 is 1. The molecule has 1 saturated carbocycles. The van der Waals surface area contributed by atoms with Gasteiger partial charge in [0.2, 0.25) is 11.8 Å². The van der Waals surface area contributed by atoms with E-state index in [0.717, 1.165) is 19.3 Å². The van der Waals surface area contributed by atoms with Gasteiger partial charge in [0.15, 0.2) is 6.61 Å². The van der Waals surface area contributed by atoms with Crippen LogP contribution >= 0.6 is 0 Å². The van der Waals surface area contributed by atoms with Crippen molar-refractivity contribution in [3.05, 3.63) is 54.1 Å². The van der Waals surface area contributed by atoms with Gasteiger partial charge in [-0.1, -0.05) is 6.92 Å². The molecule has 1 heterocycles. The second-order valence-corrected chi connectivity index (χ2v) is 8.54. The van der Waals surface area contributed by atoms with Crippen LogP contribution in [0.15, 0.2) is 48.5 Å². The van der Waals surface area contributed by atoms with Crippen molar-refractivity contribution in [2.45, 2.75) is 26.2 Å². The van der Waals surface area contributed by atoms with Gasteiger partial charge < -0.3 is 14.8 Å². The van der Waals surface area contributed by atoms with Gasteiger partial charge in [-0.2, -0.15) is 0 Å². The molecule has 3 atom stereocenters. The largest absolute Gasteiger partial charge is 0.497 e. The normalized spacial score (nSPS) is 22.0. The Labute approximate surface area is 191 Å². The van der Waals surface area contributed by atoms with Crippen LogP contribution in [0.3, 0.4) is 0 Å². The van der Waals surface area contributed by atoms with E-state index in [1.54, 1.807) is 43.5 Å². The first-order chi connectivity index (χ1) is 15.9. The third kappa shape index (κ3) is 4.74. The Kier molecular flexibility index (Phi) is 6.44. The fourth-order valence-corrected chi connectivity index (χ4v) is 4.48. The number of hydrogen-bond acceptors (Lipinski definition) is 6. The minimum atomic E-state index is -0.673. The van der Waals surface area contributed by atoms with Gasteiger partial charge >= 0.3 is 5.97 Å². The molecule has 1 saturated heterocycles. The molecule has 1 aliphatic carbocycles. The number of ether oxygens (including phenoxy) is 2. The molecular formula is C25H26N2O6. The molecule has 0 bridgehead atoms. The van der Waals surface area contributed by atoms with Gasteiger partial charge in [0.1, 0.15) is 5.75 Å². The van der Waals surface area contributed by atoms with Crippen LogP contribution < -0.4 is 15.0 Å². The summed E-state index contributed by atoms with van der Waals surface area (Å²) in [5.74, 6) is -0.888. The molecule has 3 amide bonds. The predicted molar refractivity (Wildman–Crippen MR) is 121 cm³/mol. The van der Waals surface area contributed by atoms with Crippen LogP contribution in [0.5, 0.6) is 5.75 Å². The molecule has 1 N–H and O–H groups in total. The van der Waals surface area contributed by atoms with Crippen molar-refractivity contribution in [3.8, 4) is 5.75 Å². The van der Waals surface area contributed by atoms with Crippen molar-refractivity contribution in [1.82, 2.24) is 0 Å². The van der Waals surface area contributed by atoms with Gasteiger partial charge in [-0.15, -0.1) is 0 Å². The van der Waals surface area contributed by atoms with Gasteiger partial charge in [-0.05, 0) is 73.7 Å². The zero-order chi connectivity index (χ0) is 23.5. The maximum Gasteiger partial charge on any atom is 0.338 e. The first kappa shape index (κ1) is 22.5. The van der Waals surface area contributed by atoms with E-state index in [0.29, 0.717) is 23.0 Å². The molecular weight excluding hydrogens is 424 g/mol. The molecule has 0 radical (unpaired) electrons. The fraction of sp³-hybridized carbons (Fsp3) is 0.360. The number of benzene rings is 2. The topological polar surface area (TPSA) is 102 Å². The lowest BCUT2D eigenvalue weighted by molar-refractivity contribution is -0.122. The molecule has 2 aromatic carbocycles. The van der Waals surface area contributed by atoms with Crippen molar-refractivity contribution >= 4 is 35.1 Å². The lowest BCUT2D eigenvalue weighted by atomic mass is 9.76. The number of carbonyl (C=O) groups excluding carboxylic acids is 4. The summed E-state index contributed by atoms with van der Waals surface area (Å²) in [5, 5.41) is 2.63. The van der Waals surface area contributed by atoms with Crippen molar-refractivity contribution < 1.29 is 28.7 Å². The standard InChI is InChI=1S/C25H26N2O6/c1-15-3-12-20-21(13-15)24(30)27(23(20)29)18-8-4-16(5-9-18)25(31)33-14-22(28)26-17-6-10-19(32-2)11-7-17/h4-11,15,20-21H,3,12-14H2,1-2H3,(H,26,28)/t15-,20+,21+/m0/s1. The van der Waals surface area contributed by atoms with Crippen LogP contribution in [-0.2, 0) is 19.1 Å². The summed E-state index contributed by atoms with van der Waals surface area (Å²) in [4.78, 5) is 51.3. The first-order valence-corrected chi connectivity index (χ1v) is 11.0. The van der Waals surface area contributed by atoms with Crippen molar-refractivity contribution in [1.29, 1.82) is 0 Å². The number of fused-ring (bicyclic) bond motifs is 1. The number of nitrogens with one attached hydrogen (secondary N) is 1. The zero-order valence-electron chi connectivity index (χ0n) is 18.6. The number of anilines is 2. The van der Waals surface area contributed by atoms with E-state index in [9.17, 15) is 19.2 Å². The third-order valence-corrected chi connectivity index (χ3v) is 6.26. The van der Waals surface area contributed by atoms with Gasteiger partial charge in [0.05, 0.1) is 30.2 Å².